The van der Waals surface area contributed by atoms with Crippen molar-refractivity contribution >= 4 is 5.91 Å². The zero-order valence-corrected chi connectivity index (χ0v) is 12.8. The van der Waals surface area contributed by atoms with Crippen LogP contribution in [0.5, 0.6) is 0 Å². The number of aryl methyl sites for hydroxylation is 2. The third kappa shape index (κ3) is 4.35. The third-order valence-corrected chi connectivity index (χ3v) is 3.78. The molecule has 1 rings (SSSR count). The Bertz CT molecular complexity index is 426. The average molecular weight is 262 g/mol. The summed E-state index contributed by atoms with van der Waals surface area (Å²) in [6.45, 7) is 9.85. The van der Waals surface area contributed by atoms with Crippen molar-refractivity contribution in [1.29, 1.82) is 0 Å². The highest BCUT2D eigenvalue weighted by Crippen LogP contribution is 2.22. The smallest absolute Gasteiger partial charge is 0.233 e. The SMILES string of the molecule is CNCC(=O)NCCCc1c(C)c(C)cc(C)c1C. The van der Waals surface area contributed by atoms with Gasteiger partial charge in [-0.05, 0) is 75.4 Å². The summed E-state index contributed by atoms with van der Waals surface area (Å²) in [6, 6.07) is 2.25. The van der Waals surface area contributed by atoms with E-state index < -0.39 is 0 Å². The molecule has 2 N–H and O–H groups in total. The predicted molar refractivity (Wildman–Crippen MR) is 80.6 cm³/mol. The van der Waals surface area contributed by atoms with Crippen molar-refractivity contribution in [2.45, 2.75) is 40.5 Å². The molecule has 3 nitrogen and oxygen atoms in total. The number of rotatable bonds is 6. The minimum atomic E-state index is 0.0661. The Kier molecular flexibility index (Phi) is 6.03. The highest BCUT2D eigenvalue weighted by Gasteiger charge is 2.08. The van der Waals surface area contributed by atoms with Crippen LogP contribution < -0.4 is 10.6 Å². The summed E-state index contributed by atoms with van der Waals surface area (Å²) < 4.78 is 0. The monoisotopic (exact) mass is 262 g/mol. The molecule has 106 valence electrons. The lowest BCUT2D eigenvalue weighted by molar-refractivity contribution is -0.120. The quantitative estimate of drug-likeness (QED) is 0.772. The average Bonchev–Trinajstić information content (AvgIpc) is 2.36. The summed E-state index contributed by atoms with van der Waals surface area (Å²) in [5, 5.41) is 5.77. The van der Waals surface area contributed by atoms with E-state index >= 15 is 0 Å². The molecule has 0 aliphatic heterocycles. The topological polar surface area (TPSA) is 41.1 Å². The minimum Gasteiger partial charge on any atom is -0.355 e. The van der Waals surface area contributed by atoms with Gasteiger partial charge in [0.05, 0.1) is 6.54 Å². The van der Waals surface area contributed by atoms with E-state index in [9.17, 15) is 4.79 Å². The predicted octanol–water partition coefficient (Wildman–Crippen LogP) is 2.19. The van der Waals surface area contributed by atoms with E-state index in [1.165, 1.54) is 27.8 Å². The molecule has 0 radical (unpaired) electrons. The van der Waals surface area contributed by atoms with Gasteiger partial charge >= 0.3 is 0 Å². The maximum absolute atomic E-state index is 11.3. The summed E-state index contributed by atoms with van der Waals surface area (Å²) >= 11 is 0. The summed E-state index contributed by atoms with van der Waals surface area (Å²) in [6.07, 6.45) is 2.01. The lowest BCUT2D eigenvalue weighted by Gasteiger charge is -2.15. The molecule has 0 unspecified atom stereocenters. The zero-order chi connectivity index (χ0) is 14.4. The first-order chi connectivity index (χ1) is 8.97. The van der Waals surface area contributed by atoms with Gasteiger partial charge in [0.15, 0.2) is 0 Å². The highest BCUT2D eigenvalue weighted by atomic mass is 16.1. The summed E-state index contributed by atoms with van der Waals surface area (Å²) in [7, 11) is 1.78. The van der Waals surface area contributed by atoms with Crippen LogP contribution in [0.25, 0.3) is 0 Å². The van der Waals surface area contributed by atoms with Gasteiger partial charge < -0.3 is 10.6 Å². The minimum absolute atomic E-state index is 0.0661. The van der Waals surface area contributed by atoms with E-state index in [-0.39, 0.29) is 5.91 Å². The van der Waals surface area contributed by atoms with Gasteiger partial charge in [-0.25, -0.2) is 0 Å². The maximum atomic E-state index is 11.3. The Morgan fingerprint density at radius 2 is 1.68 bits per heavy atom. The maximum Gasteiger partial charge on any atom is 0.233 e. The fraction of sp³-hybridized carbons (Fsp3) is 0.562. The molecule has 1 aromatic carbocycles. The number of hydrogen-bond donors (Lipinski definition) is 2. The van der Waals surface area contributed by atoms with E-state index in [1.54, 1.807) is 7.05 Å². The number of carbonyl (C=O) groups excluding carboxylic acids is 1. The van der Waals surface area contributed by atoms with Gasteiger partial charge in [0, 0.05) is 6.54 Å². The molecule has 0 saturated heterocycles. The normalized spacial score (nSPS) is 10.6. The van der Waals surface area contributed by atoms with Gasteiger partial charge in [-0.15, -0.1) is 0 Å². The van der Waals surface area contributed by atoms with Crippen LogP contribution in [-0.2, 0) is 11.2 Å². The lowest BCUT2D eigenvalue weighted by Crippen LogP contribution is -2.32. The molecule has 0 aromatic heterocycles. The summed E-state index contributed by atoms with van der Waals surface area (Å²) in [5.41, 5.74) is 6.95. The number of nitrogens with one attached hydrogen (secondary N) is 2. The number of likely N-dealkylation sites (N-methyl/N-ethyl adjacent to an activating group) is 1. The molecule has 0 heterocycles. The molecule has 0 atom stereocenters. The van der Waals surface area contributed by atoms with Gasteiger partial charge in [-0.3, -0.25) is 4.79 Å². The molecule has 0 spiro atoms. The largest absolute Gasteiger partial charge is 0.355 e. The third-order valence-electron chi connectivity index (χ3n) is 3.78. The Hall–Kier alpha value is -1.35. The van der Waals surface area contributed by atoms with Gasteiger partial charge in [0.1, 0.15) is 0 Å². The number of carbonyl (C=O) groups is 1. The molecule has 0 bridgehead atoms. The second-order valence-corrected chi connectivity index (χ2v) is 5.22. The van der Waals surface area contributed by atoms with Crippen LogP contribution in [0.4, 0.5) is 0 Å². The van der Waals surface area contributed by atoms with E-state index in [0.717, 1.165) is 19.4 Å². The Morgan fingerprint density at radius 1 is 1.11 bits per heavy atom. The lowest BCUT2D eigenvalue weighted by atomic mass is 9.91. The molecular weight excluding hydrogens is 236 g/mol. The van der Waals surface area contributed by atoms with Gasteiger partial charge in [0.25, 0.3) is 0 Å². The van der Waals surface area contributed by atoms with Crippen LogP contribution in [0.15, 0.2) is 6.07 Å². The summed E-state index contributed by atoms with van der Waals surface area (Å²) in [4.78, 5) is 11.3. The highest BCUT2D eigenvalue weighted by molar-refractivity contribution is 5.77. The van der Waals surface area contributed by atoms with Gasteiger partial charge in [-0.2, -0.15) is 0 Å². The van der Waals surface area contributed by atoms with E-state index in [1.807, 2.05) is 0 Å². The standard InChI is InChI=1S/C16H26N2O/c1-11-9-12(2)14(4)15(13(11)3)7-6-8-18-16(19)10-17-5/h9,17H,6-8,10H2,1-5H3,(H,18,19). The van der Waals surface area contributed by atoms with Gasteiger partial charge in [-0.1, -0.05) is 6.07 Å². The fourth-order valence-electron chi connectivity index (χ4n) is 2.39. The second-order valence-electron chi connectivity index (χ2n) is 5.22. The molecular formula is C16H26N2O. The first-order valence-electron chi connectivity index (χ1n) is 6.95. The van der Waals surface area contributed by atoms with Crippen LogP contribution in [0.3, 0.4) is 0 Å². The van der Waals surface area contributed by atoms with Crippen LogP contribution in [0, 0.1) is 27.7 Å². The molecule has 0 aliphatic carbocycles. The second kappa shape index (κ2) is 7.29. The van der Waals surface area contributed by atoms with Crippen molar-refractivity contribution in [1.82, 2.24) is 10.6 Å². The van der Waals surface area contributed by atoms with Crippen LogP contribution >= 0.6 is 0 Å². The Morgan fingerprint density at radius 3 is 2.21 bits per heavy atom. The molecule has 1 aromatic rings. The van der Waals surface area contributed by atoms with E-state index in [2.05, 4.69) is 44.4 Å². The first kappa shape index (κ1) is 15.7. The molecule has 19 heavy (non-hydrogen) atoms. The first-order valence-corrected chi connectivity index (χ1v) is 6.95. The number of amides is 1. The zero-order valence-electron chi connectivity index (χ0n) is 12.8. The van der Waals surface area contributed by atoms with Crippen molar-refractivity contribution in [3.8, 4) is 0 Å². The van der Waals surface area contributed by atoms with Crippen LogP contribution in [0.2, 0.25) is 0 Å². The molecule has 1 amide bonds. The van der Waals surface area contributed by atoms with Crippen LogP contribution in [0.1, 0.15) is 34.2 Å². The van der Waals surface area contributed by atoms with E-state index in [0.29, 0.717) is 6.54 Å². The molecule has 0 aliphatic rings. The Labute approximate surface area is 116 Å². The van der Waals surface area contributed by atoms with Crippen molar-refractivity contribution in [2.24, 2.45) is 0 Å². The Balaban J connectivity index is 2.56. The number of hydrogen-bond acceptors (Lipinski definition) is 2. The van der Waals surface area contributed by atoms with Crippen molar-refractivity contribution < 1.29 is 4.79 Å². The van der Waals surface area contributed by atoms with Crippen molar-refractivity contribution in [3.63, 3.8) is 0 Å². The molecule has 0 fully saturated rings. The number of benzene rings is 1. The van der Waals surface area contributed by atoms with Crippen molar-refractivity contribution in [2.75, 3.05) is 20.1 Å². The summed E-state index contributed by atoms with van der Waals surface area (Å²) in [5.74, 6) is 0.0661. The van der Waals surface area contributed by atoms with Crippen LogP contribution in [-0.4, -0.2) is 26.0 Å². The van der Waals surface area contributed by atoms with E-state index in [4.69, 9.17) is 0 Å². The van der Waals surface area contributed by atoms with Crippen molar-refractivity contribution in [3.05, 3.63) is 33.9 Å². The molecule has 0 saturated carbocycles. The van der Waals surface area contributed by atoms with Gasteiger partial charge in [0.2, 0.25) is 5.91 Å². The molecule has 3 heteroatoms. The fourth-order valence-corrected chi connectivity index (χ4v) is 2.39.